The first-order valence-corrected chi connectivity index (χ1v) is 9.83. The van der Waals surface area contributed by atoms with E-state index in [0.29, 0.717) is 24.5 Å². The molecule has 0 spiro atoms. The third-order valence-electron chi connectivity index (χ3n) is 4.68. The summed E-state index contributed by atoms with van der Waals surface area (Å²) in [6, 6.07) is 21.4. The van der Waals surface area contributed by atoms with Gasteiger partial charge in [0.1, 0.15) is 18.1 Å². The number of carbonyl (C=O) groups is 1. The predicted octanol–water partition coefficient (Wildman–Crippen LogP) is 4.80. The first kappa shape index (κ1) is 21.4. The summed E-state index contributed by atoms with van der Waals surface area (Å²) in [6.07, 6.45) is 0. The van der Waals surface area contributed by atoms with Crippen molar-refractivity contribution in [3.8, 4) is 11.5 Å². The van der Waals surface area contributed by atoms with Crippen molar-refractivity contribution in [1.29, 1.82) is 0 Å². The van der Waals surface area contributed by atoms with Gasteiger partial charge >= 0.3 is 0 Å². The molecule has 5 nitrogen and oxygen atoms in total. The van der Waals surface area contributed by atoms with Crippen LogP contribution in [-0.2, 0) is 17.9 Å². The van der Waals surface area contributed by atoms with Crippen molar-refractivity contribution in [2.45, 2.75) is 27.0 Å². The second-order valence-electron chi connectivity index (χ2n) is 7.10. The first-order valence-electron chi connectivity index (χ1n) is 9.83. The Morgan fingerprint density at radius 1 is 0.933 bits per heavy atom. The van der Waals surface area contributed by atoms with E-state index in [9.17, 15) is 4.79 Å². The topological polar surface area (TPSA) is 56.8 Å². The van der Waals surface area contributed by atoms with E-state index in [4.69, 9.17) is 14.2 Å². The summed E-state index contributed by atoms with van der Waals surface area (Å²) < 4.78 is 16.3. The molecule has 0 saturated heterocycles. The van der Waals surface area contributed by atoms with Gasteiger partial charge in [0, 0.05) is 24.8 Å². The summed E-state index contributed by atoms with van der Waals surface area (Å²) in [7, 11) is 1.57. The summed E-state index contributed by atoms with van der Waals surface area (Å²) in [5, 5.41) is 3.00. The van der Waals surface area contributed by atoms with Crippen LogP contribution < -0.4 is 14.8 Å². The van der Waals surface area contributed by atoms with Gasteiger partial charge in [0.15, 0.2) is 6.79 Å². The minimum atomic E-state index is -0.138. The van der Waals surface area contributed by atoms with Crippen molar-refractivity contribution in [2.75, 3.05) is 13.9 Å². The molecule has 0 aliphatic rings. The molecule has 5 heteroatoms. The van der Waals surface area contributed by atoms with Gasteiger partial charge < -0.3 is 19.5 Å². The van der Waals surface area contributed by atoms with E-state index in [1.165, 1.54) is 0 Å². The number of ether oxygens (including phenoxy) is 3. The van der Waals surface area contributed by atoms with Crippen molar-refractivity contribution >= 4 is 5.91 Å². The number of aryl methyl sites for hydroxylation is 2. The molecule has 3 aromatic rings. The highest BCUT2D eigenvalue weighted by Crippen LogP contribution is 2.22. The normalized spacial score (nSPS) is 10.5. The maximum atomic E-state index is 12.7. The van der Waals surface area contributed by atoms with E-state index >= 15 is 0 Å². The lowest BCUT2D eigenvalue weighted by molar-refractivity contribution is 0.0511. The van der Waals surface area contributed by atoms with Gasteiger partial charge in [0.25, 0.3) is 5.91 Å². The summed E-state index contributed by atoms with van der Waals surface area (Å²) in [6.45, 7) is 4.94. The van der Waals surface area contributed by atoms with Crippen LogP contribution in [0.3, 0.4) is 0 Å². The van der Waals surface area contributed by atoms with Gasteiger partial charge in [-0.05, 0) is 49.2 Å². The fourth-order valence-electron chi connectivity index (χ4n) is 3.10. The Kier molecular flexibility index (Phi) is 7.46. The standard InChI is InChI=1S/C25H27NO4/c1-18-9-12-24(29-16-20-7-5-4-6-8-20)21(13-18)15-26-25(27)23-11-10-22(14-19(23)2)30-17-28-3/h4-14H,15-17H2,1-3H3,(H,26,27). The molecule has 156 valence electrons. The van der Waals surface area contributed by atoms with Crippen LogP contribution in [0.1, 0.15) is 32.6 Å². The van der Waals surface area contributed by atoms with Gasteiger partial charge in [-0.3, -0.25) is 4.79 Å². The van der Waals surface area contributed by atoms with Gasteiger partial charge in [-0.1, -0.05) is 48.0 Å². The summed E-state index contributed by atoms with van der Waals surface area (Å²) in [5.74, 6) is 1.30. The predicted molar refractivity (Wildman–Crippen MR) is 117 cm³/mol. The number of nitrogens with one attached hydrogen (secondary N) is 1. The van der Waals surface area contributed by atoms with Crippen LogP contribution in [0.2, 0.25) is 0 Å². The SMILES string of the molecule is COCOc1ccc(C(=O)NCc2cc(C)ccc2OCc2ccccc2)c(C)c1. The molecule has 0 radical (unpaired) electrons. The van der Waals surface area contributed by atoms with E-state index in [2.05, 4.69) is 5.32 Å². The molecule has 0 heterocycles. The monoisotopic (exact) mass is 405 g/mol. The van der Waals surface area contributed by atoms with Gasteiger partial charge in [0.05, 0.1) is 0 Å². The molecule has 0 saturated carbocycles. The third kappa shape index (κ3) is 5.84. The number of amides is 1. The highest BCUT2D eigenvalue weighted by atomic mass is 16.7. The molecular weight excluding hydrogens is 378 g/mol. The Morgan fingerprint density at radius 3 is 2.47 bits per heavy atom. The summed E-state index contributed by atoms with van der Waals surface area (Å²) in [4.78, 5) is 12.7. The molecule has 3 rings (SSSR count). The van der Waals surface area contributed by atoms with Crippen molar-refractivity contribution < 1.29 is 19.0 Å². The van der Waals surface area contributed by atoms with Crippen LogP contribution in [0, 0.1) is 13.8 Å². The van der Waals surface area contributed by atoms with Crippen LogP contribution >= 0.6 is 0 Å². The zero-order valence-electron chi connectivity index (χ0n) is 17.6. The van der Waals surface area contributed by atoms with Crippen molar-refractivity contribution in [3.05, 3.63) is 94.5 Å². The van der Waals surface area contributed by atoms with Crippen molar-refractivity contribution in [3.63, 3.8) is 0 Å². The first-order chi connectivity index (χ1) is 14.6. The minimum Gasteiger partial charge on any atom is -0.489 e. The molecule has 0 unspecified atom stereocenters. The number of benzene rings is 3. The van der Waals surface area contributed by atoms with Gasteiger partial charge in [-0.2, -0.15) is 0 Å². The second kappa shape index (κ2) is 10.5. The molecule has 3 aromatic carbocycles. The van der Waals surface area contributed by atoms with Crippen LogP contribution in [-0.4, -0.2) is 19.8 Å². The zero-order valence-corrected chi connectivity index (χ0v) is 17.6. The highest BCUT2D eigenvalue weighted by molar-refractivity contribution is 5.95. The fraction of sp³-hybridized carbons (Fsp3) is 0.240. The Hall–Kier alpha value is -3.31. The lowest BCUT2D eigenvalue weighted by Gasteiger charge is -2.14. The quantitative estimate of drug-likeness (QED) is 0.520. The average molecular weight is 405 g/mol. The number of hydrogen-bond donors (Lipinski definition) is 1. The maximum Gasteiger partial charge on any atom is 0.251 e. The number of rotatable bonds is 9. The van der Waals surface area contributed by atoms with E-state index in [-0.39, 0.29) is 12.7 Å². The molecule has 0 aliphatic carbocycles. The molecule has 1 amide bonds. The van der Waals surface area contributed by atoms with Crippen molar-refractivity contribution in [1.82, 2.24) is 5.32 Å². The zero-order chi connectivity index (χ0) is 21.3. The van der Waals surface area contributed by atoms with E-state index in [1.807, 2.05) is 68.4 Å². The largest absolute Gasteiger partial charge is 0.489 e. The van der Waals surface area contributed by atoms with Gasteiger partial charge in [-0.15, -0.1) is 0 Å². The van der Waals surface area contributed by atoms with E-state index in [0.717, 1.165) is 28.0 Å². The Labute approximate surface area is 177 Å². The Bertz CT molecular complexity index is 986. The minimum absolute atomic E-state index is 0.138. The molecule has 0 aliphatic heterocycles. The lowest BCUT2D eigenvalue weighted by atomic mass is 10.1. The highest BCUT2D eigenvalue weighted by Gasteiger charge is 2.12. The molecule has 1 N–H and O–H groups in total. The summed E-state index contributed by atoms with van der Waals surface area (Å²) >= 11 is 0. The van der Waals surface area contributed by atoms with Gasteiger partial charge in [-0.25, -0.2) is 0 Å². The second-order valence-corrected chi connectivity index (χ2v) is 7.10. The Morgan fingerprint density at radius 2 is 1.73 bits per heavy atom. The summed E-state index contributed by atoms with van der Waals surface area (Å²) in [5.41, 5.74) is 4.60. The number of methoxy groups -OCH3 is 1. The molecule has 0 aromatic heterocycles. The van der Waals surface area contributed by atoms with E-state index < -0.39 is 0 Å². The maximum absolute atomic E-state index is 12.7. The molecule has 0 fully saturated rings. The van der Waals surface area contributed by atoms with Gasteiger partial charge in [0.2, 0.25) is 0 Å². The smallest absolute Gasteiger partial charge is 0.251 e. The number of hydrogen-bond acceptors (Lipinski definition) is 4. The van der Waals surface area contributed by atoms with Crippen LogP contribution in [0.4, 0.5) is 0 Å². The third-order valence-corrected chi connectivity index (χ3v) is 4.68. The fourth-order valence-corrected chi connectivity index (χ4v) is 3.10. The molecular formula is C25H27NO4. The average Bonchev–Trinajstić information content (AvgIpc) is 2.76. The van der Waals surface area contributed by atoms with Crippen LogP contribution in [0.15, 0.2) is 66.7 Å². The molecule has 0 atom stereocenters. The Balaban J connectivity index is 1.66. The van der Waals surface area contributed by atoms with Crippen LogP contribution in [0.25, 0.3) is 0 Å². The molecule has 30 heavy (non-hydrogen) atoms. The van der Waals surface area contributed by atoms with Crippen LogP contribution in [0.5, 0.6) is 11.5 Å². The van der Waals surface area contributed by atoms with E-state index in [1.54, 1.807) is 19.2 Å². The van der Waals surface area contributed by atoms with Crippen molar-refractivity contribution in [2.24, 2.45) is 0 Å². The number of carbonyl (C=O) groups excluding carboxylic acids is 1. The lowest BCUT2D eigenvalue weighted by Crippen LogP contribution is -2.24. The molecule has 0 bridgehead atoms.